The van der Waals surface area contributed by atoms with Crippen molar-refractivity contribution in [1.29, 1.82) is 0 Å². The van der Waals surface area contributed by atoms with Crippen LogP contribution < -0.4 is 10.6 Å². The second kappa shape index (κ2) is 5.32. The largest absolute Gasteiger partial charge is 0.355 e. The van der Waals surface area contributed by atoms with E-state index in [4.69, 9.17) is 0 Å². The number of benzene rings is 1. The fourth-order valence-electron chi connectivity index (χ4n) is 2.19. The monoisotopic (exact) mass is 232 g/mol. The van der Waals surface area contributed by atoms with Crippen molar-refractivity contribution in [2.24, 2.45) is 0 Å². The fraction of sp³-hybridized carbons (Fsp3) is 0.500. The van der Waals surface area contributed by atoms with Crippen LogP contribution in [0.2, 0.25) is 0 Å². The predicted octanol–water partition coefficient (Wildman–Crippen LogP) is 1.67. The van der Waals surface area contributed by atoms with Gasteiger partial charge in [0.25, 0.3) is 0 Å². The first-order valence-electron chi connectivity index (χ1n) is 6.24. The highest BCUT2D eigenvalue weighted by Gasteiger charge is 2.20. The standard InChI is InChI=1S/C14H20N2O/c1-10-5-6-11(2)12(8-10)9-16-13-4-3-7-15-14(13)17/h5-6,8,13,16H,3-4,7,9H2,1-2H3,(H,15,17). The molecule has 0 aromatic heterocycles. The number of carbonyl (C=O) groups excluding carboxylic acids is 1. The predicted molar refractivity (Wildman–Crippen MR) is 68.8 cm³/mol. The van der Waals surface area contributed by atoms with Crippen molar-refractivity contribution in [3.05, 3.63) is 34.9 Å². The van der Waals surface area contributed by atoms with Crippen LogP contribution in [0.3, 0.4) is 0 Å². The highest BCUT2D eigenvalue weighted by Crippen LogP contribution is 2.11. The van der Waals surface area contributed by atoms with Crippen molar-refractivity contribution in [3.63, 3.8) is 0 Å². The van der Waals surface area contributed by atoms with Crippen molar-refractivity contribution >= 4 is 5.91 Å². The Balaban J connectivity index is 1.97. The summed E-state index contributed by atoms with van der Waals surface area (Å²) in [6, 6.07) is 6.41. The molecule has 3 heteroatoms. The van der Waals surface area contributed by atoms with Crippen LogP contribution in [0.5, 0.6) is 0 Å². The van der Waals surface area contributed by atoms with E-state index < -0.39 is 0 Å². The summed E-state index contributed by atoms with van der Waals surface area (Å²) >= 11 is 0. The van der Waals surface area contributed by atoms with E-state index in [0.29, 0.717) is 0 Å². The number of carbonyl (C=O) groups is 1. The third kappa shape index (κ3) is 3.07. The summed E-state index contributed by atoms with van der Waals surface area (Å²) in [5.74, 6) is 0.140. The second-order valence-corrected chi connectivity index (χ2v) is 4.80. The molecule has 1 fully saturated rings. The van der Waals surface area contributed by atoms with E-state index in [1.54, 1.807) is 0 Å². The lowest BCUT2D eigenvalue weighted by Gasteiger charge is -2.23. The van der Waals surface area contributed by atoms with Gasteiger partial charge in [-0.25, -0.2) is 0 Å². The number of aryl methyl sites for hydroxylation is 2. The molecule has 0 radical (unpaired) electrons. The molecule has 0 saturated carbocycles. The number of hydrogen-bond donors (Lipinski definition) is 2. The molecule has 1 aliphatic heterocycles. The second-order valence-electron chi connectivity index (χ2n) is 4.80. The van der Waals surface area contributed by atoms with Crippen LogP contribution >= 0.6 is 0 Å². The van der Waals surface area contributed by atoms with E-state index in [-0.39, 0.29) is 11.9 Å². The molecular weight excluding hydrogens is 212 g/mol. The molecule has 92 valence electrons. The minimum atomic E-state index is -0.0244. The van der Waals surface area contributed by atoms with Gasteiger partial charge in [0, 0.05) is 13.1 Å². The van der Waals surface area contributed by atoms with Crippen molar-refractivity contribution in [1.82, 2.24) is 10.6 Å². The van der Waals surface area contributed by atoms with Gasteiger partial charge in [-0.05, 0) is 37.8 Å². The fourth-order valence-corrected chi connectivity index (χ4v) is 2.19. The number of hydrogen-bond acceptors (Lipinski definition) is 2. The van der Waals surface area contributed by atoms with Crippen LogP contribution in [0.4, 0.5) is 0 Å². The zero-order valence-corrected chi connectivity index (χ0v) is 10.5. The summed E-state index contributed by atoms with van der Waals surface area (Å²) < 4.78 is 0. The van der Waals surface area contributed by atoms with Crippen LogP contribution in [0.1, 0.15) is 29.5 Å². The lowest BCUT2D eigenvalue weighted by molar-refractivity contribution is -0.124. The molecule has 1 unspecified atom stereocenters. The lowest BCUT2D eigenvalue weighted by atomic mass is 10.0. The summed E-state index contributed by atoms with van der Waals surface area (Å²) in [5.41, 5.74) is 3.82. The first-order chi connectivity index (χ1) is 8.16. The molecular formula is C14H20N2O. The quantitative estimate of drug-likeness (QED) is 0.832. The van der Waals surface area contributed by atoms with Gasteiger partial charge in [-0.15, -0.1) is 0 Å². The Hall–Kier alpha value is -1.35. The molecule has 0 bridgehead atoms. The summed E-state index contributed by atoms with van der Waals surface area (Å²) in [6.07, 6.45) is 2.01. The van der Waals surface area contributed by atoms with Crippen molar-refractivity contribution < 1.29 is 4.79 Å². The Labute approximate surface area is 103 Å². The average molecular weight is 232 g/mol. The zero-order valence-electron chi connectivity index (χ0n) is 10.5. The van der Waals surface area contributed by atoms with Gasteiger partial charge >= 0.3 is 0 Å². The number of amides is 1. The number of rotatable bonds is 3. The molecule has 3 nitrogen and oxygen atoms in total. The van der Waals surface area contributed by atoms with Gasteiger partial charge in [-0.3, -0.25) is 4.79 Å². The van der Waals surface area contributed by atoms with Crippen LogP contribution in [0, 0.1) is 13.8 Å². The smallest absolute Gasteiger partial charge is 0.237 e. The first-order valence-corrected chi connectivity index (χ1v) is 6.24. The van der Waals surface area contributed by atoms with E-state index >= 15 is 0 Å². The first kappa shape index (κ1) is 12.1. The lowest BCUT2D eigenvalue weighted by Crippen LogP contribution is -2.47. The van der Waals surface area contributed by atoms with Crippen LogP contribution in [-0.2, 0) is 11.3 Å². The van der Waals surface area contributed by atoms with Crippen LogP contribution in [-0.4, -0.2) is 18.5 Å². The molecule has 2 N–H and O–H groups in total. The number of nitrogens with one attached hydrogen (secondary N) is 2. The van der Waals surface area contributed by atoms with E-state index in [9.17, 15) is 4.79 Å². The van der Waals surface area contributed by atoms with E-state index in [0.717, 1.165) is 25.9 Å². The molecule has 2 rings (SSSR count). The van der Waals surface area contributed by atoms with Crippen molar-refractivity contribution in [3.8, 4) is 0 Å². The normalized spacial score (nSPS) is 20.1. The highest BCUT2D eigenvalue weighted by molar-refractivity contribution is 5.82. The van der Waals surface area contributed by atoms with Gasteiger partial charge in [-0.1, -0.05) is 23.8 Å². The van der Waals surface area contributed by atoms with Gasteiger partial charge in [0.05, 0.1) is 6.04 Å². The Morgan fingerprint density at radius 3 is 3.00 bits per heavy atom. The van der Waals surface area contributed by atoms with Gasteiger partial charge in [0.15, 0.2) is 0 Å². The Bertz CT molecular complexity index is 415. The molecule has 1 heterocycles. The SMILES string of the molecule is Cc1ccc(C)c(CNC2CCCNC2=O)c1. The number of piperidine rings is 1. The third-order valence-electron chi connectivity index (χ3n) is 3.33. The minimum Gasteiger partial charge on any atom is -0.355 e. The minimum absolute atomic E-state index is 0.0244. The van der Waals surface area contributed by atoms with Gasteiger partial charge in [-0.2, -0.15) is 0 Å². The molecule has 0 aliphatic carbocycles. The summed E-state index contributed by atoms with van der Waals surface area (Å²) in [4.78, 5) is 11.6. The van der Waals surface area contributed by atoms with Crippen molar-refractivity contribution in [2.75, 3.05) is 6.54 Å². The molecule has 1 atom stereocenters. The molecule has 17 heavy (non-hydrogen) atoms. The van der Waals surface area contributed by atoms with Gasteiger partial charge < -0.3 is 10.6 Å². The van der Waals surface area contributed by atoms with Crippen LogP contribution in [0.25, 0.3) is 0 Å². The highest BCUT2D eigenvalue weighted by atomic mass is 16.2. The molecule has 1 aliphatic rings. The molecule has 1 saturated heterocycles. The maximum absolute atomic E-state index is 11.6. The van der Waals surface area contributed by atoms with Crippen LogP contribution in [0.15, 0.2) is 18.2 Å². The molecule has 1 amide bonds. The average Bonchev–Trinajstić information content (AvgIpc) is 2.32. The summed E-state index contributed by atoms with van der Waals surface area (Å²) in [5, 5.41) is 6.24. The topological polar surface area (TPSA) is 41.1 Å². The Morgan fingerprint density at radius 2 is 2.24 bits per heavy atom. The Kier molecular flexibility index (Phi) is 3.79. The van der Waals surface area contributed by atoms with E-state index in [1.165, 1.54) is 16.7 Å². The van der Waals surface area contributed by atoms with E-state index in [1.807, 2.05) is 0 Å². The summed E-state index contributed by atoms with van der Waals surface area (Å²) in [7, 11) is 0. The van der Waals surface area contributed by atoms with Crippen molar-refractivity contribution in [2.45, 2.75) is 39.3 Å². The van der Waals surface area contributed by atoms with Gasteiger partial charge in [0.1, 0.15) is 0 Å². The zero-order chi connectivity index (χ0) is 12.3. The molecule has 0 spiro atoms. The molecule has 1 aromatic rings. The maximum Gasteiger partial charge on any atom is 0.237 e. The maximum atomic E-state index is 11.6. The third-order valence-corrected chi connectivity index (χ3v) is 3.33. The summed E-state index contributed by atoms with van der Waals surface area (Å²) in [6.45, 7) is 5.79. The molecule has 1 aromatic carbocycles. The van der Waals surface area contributed by atoms with E-state index in [2.05, 4.69) is 42.7 Å². The van der Waals surface area contributed by atoms with Gasteiger partial charge in [0.2, 0.25) is 5.91 Å². The Morgan fingerprint density at radius 1 is 1.41 bits per heavy atom.